The molecule has 0 amide bonds. The van der Waals surface area contributed by atoms with E-state index in [1.807, 2.05) is 23.0 Å². The number of hydrogen-bond donors (Lipinski definition) is 0. The Hall–Kier alpha value is -1.07. The van der Waals surface area contributed by atoms with E-state index in [1.165, 1.54) is 0 Å². The highest BCUT2D eigenvalue weighted by atomic mass is 35.5. The van der Waals surface area contributed by atoms with Crippen molar-refractivity contribution in [3.63, 3.8) is 0 Å². The summed E-state index contributed by atoms with van der Waals surface area (Å²) in [6, 6.07) is 7.59. The van der Waals surface area contributed by atoms with E-state index >= 15 is 0 Å². The van der Waals surface area contributed by atoms with Crippen LogP contribution in [0.3, 0.4) is 0 Å². The summed E-state index contributed by atoms with van der Waals surface area (Å²) in [7, 11) is 0. The Morgan fingerprint density at radius 3 is 2.68 bits per heavy atom. The van der Waals surface area contributed by atoms with Crippen molar-refractivity contribution in [1.82, 2.24) is 14.7 Å². The second kappa shape index (κ2) is 7.47. The minimum absolute atomic E-state index is 0.545. The van der Waals surface area contributed by atoms with Crippen LogP contribution < -0.4 is 0 Å². The summed E-state index contributed by atoms with van der Waals surface area (Å²) in [5, 5.41) is 5.71. The molecule has 0 atom stereocenters. The van der Waals surface area contributed by atoms with Crippen molar-refractivity contribution >= 4 is 23.2 Å². The van der Waals surface area contributed by atoms with Crippen molar-refractivity contribution in [1.29, 1.82) is 0 Å². The Bertz CT molecular complexity index is 624. The Labute approximate surface area is 140 Å². The van der Waals surface area contributed by atoms with E-state index < -0.39 is 0 Å². The molecule has 2 heterocycles. The Balaban J connectivity index is 1.55. The number of aryl methyl sites for hydroxylation is 1. The zero-order valence-electron chi connectivity index (χ0n) is 12.3. The third kappa shape index (κ3) is 4.02. The van der Waals surface area contributed by atoms with Crippen molar-refractivity contribution in [2.45, 2.75) is 12.8 Å². The molecule has 118 valence electrons. The maximum Gasteiger partial charge on any atom is 0.0661 e. The van der Waals surface area contributed by atoms with Crippen LogP contribution in [0.4, 0.5) is 0 Å². The van der Waals surface area contributed by atoms with Crippen LogP contribution in [-0.2, 0) is 11.2 Å². The van der Waals surface area contributed by atoms with Gasteiger partial charge in [-0.3, -0.25) is 4.90 Å². The fourth-order valence-electron chi connectivity index (χ4n) is 2.57. The van der Waals surface area contributed by atoms with Gasteiger partial charge < -0.3 is 4.74 Å². The summed E-state index contributed by atoms with van der Waals surface area (Å²) in [5.74, 6) is 0. The van der Waals surface area contributed by atoms with Crippen LogP contribution in [0.25, 0.3) is 5.69 Å². The highest BCUT2D eigenvalue weighted by molar-refractivity contribution is 6.42. The quantitative estimate of drug-likeness (QED) is 0.835. The molecule has 1 aliphatic rings. The molecule has 1 saturated heterocycles. The lowest BCUT2D eigenvalue weighted by Gasteiger charge is -2.26. The molecule has 22 heavy (non-hydrogen) atoms. The van der Waals surface area contributed by atoms with Crippen LogP contribution >= 0.6 is 23.2 Å². The smallest absolute Gasteiger partial charge is 0.0661 e. The van der Waals surface area contributed by atoms with Gasteiger partial charge in [-0.2, -0.15) is 5.10 Å². The molecular weight excluding hydrogens is 321 g/mol. The average molecular weight is 340 g/mol. The average Bonchev–Trinajstić information content (AvgIpc) is 3.00. The lowest BCUT2D eigenvalue weighted by Crippen LogP contribution is -2.36. The molecule has 1 aliphatic heterocycles. The summed E-state index contributed by atoms with van der Waals surface area (Å²) >= 11 is 12.0. The molecule has 2 aromatic rings. The Morgan fingerprint density at radius 1 is 1.09 bits per heavy atom. The number of rotatable bonds is 5. The van der Waals surface area contributed by atoms with Crippen LogP contribution in [0.15, 0.2) is 30.5 Å². The third-order valence-electron chi connectivity index (χ3n) is 3.82. The topological polar surface area (TPSA) is 30.3 Å². The van der Waals surface area contributed by atoms with Crippen LogP contribution in [-0.4, -0.2) is 47.5 Å². The van der Waals surface area contributed by atoms with Crippen LogP contribution in [0, 0.1) is 0 Å². The van der Waals surface area contributed by atoms with Crippen LogP contribution in [0.5, 0.6) is 0 Å². The summed E-state index contributed by atoms with van der Waals surface area (Å²) in [6.45, 7) is 4.89. The summed E-state index contributed by atoms with van der Waals surface area (Å²) < 4.78 is 7.20. The van der Waals surface area contributed by atoms with Gasteiger partial charge in [-0.15, -0.1) is 0 Å². The first-order valence-corrected chi connectivity index (χ1v) is 8.28. The maximum atomic E-state index is 6.05. The fourth-order valence-corrected chi connectivity index (χ4v) is 2.87. The van der Waals surface area contributed by atoms with E-state index in [0.29, 0.717) is 10.0 Å². The first kappa shape index (κ1) is 15.8. The predicted molar refractivity (Wildman–Crippen MR) is 89.2 cm³/mol. The largest absolute Gasteiger partial charge is 0.379 e. The number of morpholine rings is 1. The molecule has 0 saturated carbocycles. The van der Waals surface area contributed by atoms with Gasteiger partial charge >= 0.3 is 0 Å². The van der Waals surface area contributed by atoms with Gasteiger partial charge in [-0.05, 0) is 43.7 Å². The summed E-state index contributed by atoms with van der Waals surface area (Å²) in [4.78, 5) is 2.44. The van der Waals surface area contributed by atoms with Gasteiger partial charge in [0.15, 0.2) is 0 Å². The van der Waals surface area contributed by atoms with Crippen molar-refractivity contribution in [2.75, 3.05) is 32.8 Å². The molecule has 4 nitrogen and oxygen atoms in total. The van der Waals surface area contributed by atoms with Crippen LogP contribution in [0.2, 0.25) is 10.0 Å². The molecule has 1 aromatic carbocycles. The first-order chi connectivity index (χ1) is 10.7. The number of halogens is 2. The Morgan fingerprint density at radius 2 is 1.91 bits per heavy atom. The van der Waals surface area contributed by atoms with Crippen molar-refractivity contribution in [2.24, 2.45) is 0 Å². The van der Waals surface area contributed by atoms with Gasteiger partial charge in [-0.1, -0.05) is 23.2 Å². The van der Waals surface area contributed by atoms with E-state index in [4.69, 9.17) is 27.9 Å². The van der Waals surface area contributed by atoms with Crippen molar-refractivity contribution in [3.05, 3.63) is 46.2 Å². The monoisotopic (exact) mass is 339 g/mol. The zero-order chi connectivity index (χ0) is 15.4. The summed E-state index contributed by atoms with van der Waals surface area (Å²) in [5.41, 5.74) is 2.02. The minimum atomic E-state index is 0.545. The molecule has 0 radical (unpaired) electrons. The van der Waals surface area contributed by atoms with E-state index in [-0.39, 0.29) is 0 Å². The van der Waals surface area contributed by atoms with E-state index in [0.717, 1.165) is 57.1 Å². The SMILES string of the molecule is Clc1ccc(-n2ccc(CCCN3CCOCC3)n2)cc1Cl. The van der Waals surface area contributed by atoms with Crippen LogP contribution in [0.1, 0.15) is 12.1 Å². The molecule has 6 heteroatoms. The van der Waals surface area contributed by atoms with E-state index in [2.05, 4.69) is 16.1 Å². The molecule has 3 rings (SSSR count). The standard InChI is InChI=1S/C16H19Cl2N3O/c17-15-4-3-14(12-16(15)18)21-7-5-13(19-21)2-1-6-20-8-10-22-11-9-20/h3-5,7,12H,1-2,6,8-11H2. The predicted octanol–water partition coefficient (Wildman–Crippen LogP) is 3.44. The van der Waals surface area contributed by atoms with Crippen molar-refractivity contribution in [3.8, 4) is 5.69 Å². The molecule has 0 N–H and O–H groups in total. The van der Waals surface area contributed by atoms with Gasteiger partial charge in [0.2, 0.25) is 0 Å². The molecule has 0 spiro atoms. The second-order valence-electron chi connectivity index (χ2n) is 5.41. The lowest BCUT2D eigenvalue weighted by atomic mass is 10.2. The molecule has 0 bridgehead atoms. The fraction of sp³-hybridized carbons (Fsp3) is 0.438. The summed E-state index contributed by atoms with van der Waals surface area (Å²) in [6.07, 6.45) is 4.05. The first-order valence-electron chi connectivity index (χ1n) is 7.52. The highest BCUT2D eigenvalue weighted by Crippen LogP contribution is 2.24. The lowest BCUT2D eigenvalue weighted by molar-refractivity contribution is 0.0374. The second-order valence-corrected chi connectivity index (χ2v) is 6.22. The van der Waals surface area contributed by atoms with Gasteiger partial charge in [-0.25, -0.2) is 4.68 Å². The molecule has 0 aliphatic carbocycles. The Kier molecular flexibility index (Phi) is 5.37. The maximum absolute atomic E-state index is 6.05. The van der Waals surface area contributed by atoms with Gasteiger partial charge in [0, 0.05) is 19.3 Å². The van der Waals surface area contributed by atoms with E-state index in [1.54, 1.807) is 6.07 Å². The van der Waals surface area contributed by atoms with Gasteiger partial charge in [0.1, 0.15) is 0 Å². The molecule has 1 aromatic heterocycles. The van der Waals surface area contributed by atoms with E-state index in [9.17, 15) is 0 Å². The highest BCUT2D eigenvalue weighted by Gasteiger charge is 2.10. The zero-order valence-corrected chi connectivity index (χ0v) is 13.9. The number of ether oxygens (including phenoxy) is 1. The normalized spacial score (nSPS) is 16.1. The van der Waals surface area contributed by atoms with Gasteiger partial charge in [0.25, 0.3) is 0 Å². The van der Waals surface area contributed by atoms with Crippen molar-refractivity contribution < 1.29 is 4.74 Å². The number of hydrogen-bond acceptors (Lipinski definition) is 3. The molecule has 1 fully saturated rings. The number of aromatic nitrogens is 2. The number of nitrogens with zero attached hydrogens (tertiary/aromatic N) is 3. The molecule has 0 unspecified atom stereocenters. The van der Waals surface area contributed by atoms with Gasteiger partial charge in [0.05, 0.1) is 34.6 Å². The number of benzene rings is 1. The molecular formula is C16H19Cl2N3O. The minimum Gasteiger partial charge on any atom is -0.379 e. The third-order valence-corrected chi connectivity index (χ3v) is 4.56.